The number of esters is 1. The second-order valence-electron chi connectivity index (χ2n) is 5.76. The predicted molar refractivity (Wildman–Crippen MR) is 101 cm³/mol. The molecule has 0 spiro atoms. The van der Waals surface area contributed by atoms with Crippen molar-refractivity contribution in [3.05, 3.63) is 84.1 Å². The largest absolute Gasteiger partial charge is 0.463 e. The number of furan rings is 1. The molecule has 0 radical (unpaired) electrons. The van der Waals surface area contributed by atoms with Crippen LogP contribution in [0.5, 0.6) is 0 Å². The van der Waals surface area contributed by atoms with Crippen LogP contribution in [0, 0.1) is 0 Å². The second kappa shape index (κ2) is 8.09. The first-order valence-electron chi connectivity index (χ1n) is 8.32. The van der Waals surface area contributed by atoms with Gasteiger partial charge in [-0.15, -0.1) is 0 Å². The van der Waals surface area contributed by atoms with Crippen LogP contribution in [0.1, 0.15) is 16.1 Å². The first kappa shape index (κ1) is 18.7. The minimum Gasteiger partial charge on any atom is -0.463 e. The summed E-state index contributed by atoms with van der Waals surface area (Å²) in [6, 6.07) is 20.9. The van der Waals surface area contributed by atoms with Gasteiger partial charge < -0.3 is 9.15 Å². The van der Waals surface area contributed by atoms with Gasteiger partial charge in [0.2, 0.25) is 10.9 Å². The maximum Gasteiger partial charge on any atom is 0.374 e. The number of ether oxygens (including phenoxy) is 1. The van der Waals surface area contributed by atoms with Gasteiger partial charge in [0.05, 0.1) is 12.8 Å². The van der Waals surface area contributed by atoms with Crippen molar-refractivity contribution in [1.29, 1.82) is 0 Å². The Labute approximate surface area is 158 Å². The molecule has 0 saturated heterocycles. The Kier molecular flexibility index (Phi) is 5.61. The number of anilines is 1. The highest BCUT2D eigenvalue weighted by atomic mass is 32.2. The van der Waals surface area contributed by atoms with E-state index < -0.39 is 16.0 Å². The SMILES string of the molecule is COC(=O)c1ccc(S(=O)(=O)N(CCc2ccccc2)c2ccccc2)o1. The molecule has 1 aromatic heterocycles. The van der Waals surface area contributed by atoms with Crippen LogP contribution < -0.4 is 4.31 Å². The monoisotopic (exact) mass is 385 g/mol. The quantitative estimate of drug-likeness (QED) is 0.582. The fourth-order valence-electron chi connectivity index (χ4n) is 2.64. The van der Waals surface area contributed by atoms with E-state index in [-0.39, 0.29) is 17.4 Å². The summed E-state index contributed by atoms with van der Waals surface area (Å²) in [5, 5.41) is -0.306. The number of carbonyl (C=O) groups is 1. The van der Waals surface area contributed by atoms with Crippen LogP contribution in [0.25, 0.3) is 0 Å². The summed E-state index contributed by atoms with van der Waals surface area (Å²) in [4.78, 5) is 11.6. The van der Waals surface area contributed by atoms with E-state index in [9.17, 15) is 13.2 Å². The van der Waals surface area contributed by atoms with E-state index >= 15 is 0 Å². The summed E-state index contributed by atoms with van der Waals surface area (Å²) in [6.07, 6.45) is 0.527. The van der Waals surface area contributed by atoms with Crippen molar-refractivity contribution in [1.82, 2.24) is 0 Å². The third-order valence-electron chi connectivity index (χ3n) is 4.00. The van der Waals surface area contributed by atoms with E-state index in [0.29, 0.717) is 12.1 Å². The Morgan fingerprint density at radius 2 is 1.59 bits per heavy atom. The summed E-state index contributed by atoms with van der Waals surface area (Å²) in [7, 11) is -2.78. The van der Waals surface area contributed by atoms with E-state index in [2.05, 4.69) is 4.74 Å². The van der Waals surface area contributed by atoms with Gasteiger partial charge in [0.15, 0.2) is 0 Å². The van der Waals surface area contributed by atoms with Gasteiger partial charge in [-0.1, -0.05) is 48.5 Å². The summed E-state index contributed by atoms with van der Waals surface area (Å²) in [5.74, 6) is -0.890. The number of sulfonamides is 1. The van der Waals surface area contributed by atoms with Gasteiger partial charge in [0.1, 0.15) is 0 Å². The van der Waals surface area contributed by atoms with Gasteiger partial charge >= 0.3 is 5.97 Å². The van der Waals surface area contributed by atoms with Gasteiger partial charge in [-0.3, -0.25) is 4.31 Å². The molecule has 140 valence electrons. The van der Waals surface area contributed by atoms with Gasteiger partial charge in [0.25, 0.3) is 10.0 Å². The molecule has 0 fully saturated rings. The van der Waals surface area contributed by atoms with Gasteiger partial charge in [-0.2, -0.15) is 8.42 Å². The molecule has 0 saturated carbocycles. The molecule has 27 heavy (non-hydrogen) atoms. The van der Waals surface area contributed by atoms with E-state index in [0.717, 1.165) is 5.56 Å². The molecular formula is C20H19NO5S. The molecule has 7 heteroatoms. The Morgan fingerprint density at radius 1 is 0.963 bits per heavy atom. The zero-order valence-corrected chi connectivity index (χ0v) is 15.6. The van der Waals surface area contributed by atoms with E-state index in [1.165, 1.54) is 23.5 Å². The number of nitrogens with zero attached hydrogens (tertiary/aromatic N) is 1. The lowest BCUT2D eigenvalue weighted by atomic mass is 10.1. The summed E-state index contributed by atoms with van der Waals surface area (Å²) in [5.41, 5.74) is 1.53. The van der Waals surface area contributed by atoms with Crippen LogP contribution in [0.4, 0.5) is 5.69 Å². The number of benzene rings is 2. The van der Waals surface area contributed by atoms with E-state index in [1.54, 1.807) is 24.3 Å². The number of hydrogen-bond acceptors (Lipinski definition) is 5. The standard InChI is InChI=1S/C20H19NO5S/c1-25-20(22)18-12-13-19(26-18)27(23,24)21(17-10-6-3-7-11-17)15-14-16-8-4-2-5-9-16/h2-13H,14-15H2,1H3. The lowest BCUT2D eigenvalue weighted by molar-refractivity contribution is 0.0559. The van der Waals surface area contributed by atoms with Gasteiger partial charge in [-0.25, -0.2) is 4.79 Å². The first-order chi connectivity index (χ1) is 13.0. The van der Waals surface area contributed by atoms with Crippen LogP contribution in [0.2, 0.25) is 0 Å². The van der Waals surface area contributed by atoms with Crippen molar-refractivity contribution in [2.24, 2.45) is 0 Å². The highest BCUT2D eigenvalue weighted by Crippen LogP contribution is 2.25. The molecule has 3 rings (SSSR count). The van der Waals surface area contributed by atoms with E-state index in [4.69, 9.17) is 4.42 Å². The molecule has 0 aliphatic carbocycles. The Bertz CT molecular complexity index is 997. The number of carbonyl (C=O) groups excluding carboxylic acids is 1. The van der Waals surface area contributed by atoms with Gasteiger partial charge in [-0.05, 0) is 36.2 Å². The average molecular weight is 385 g/mol. The fourth-order valence-corrected chi connectivity index (χ4v) is 4.02. The minimum atomic E-state index is -3.99. The molecule has 0 unspecified atom stereocenters. The highest BCUT2D eigenvalue weighted by molar-refractivity contribution is 7.92. The summed E-state index contributed by atoms with van der Waals surface area (Å²) in [6.45, 7) is 0.227. The topological polar surface area (TPSA) is 76.8 Å². The van der Waals surface area contributed by atoms with Crippen molar-refractivity contribution < 1.29 is 22.4 Å². The number of para-hydroxylation sites is 1. The van der Waals surface area contributed by atoms with E-state index in [1.807, 2.05) is 36.4 Å². The normalized spacial score (nSPS) is 11.1. The molecule has 0 amide bonds. The van der Waals surface area contributed by atoms with Crippen LogP contribution in [0.15, 0.2) is 82.3 Å². The van der Waals surface area contributed by atoms with Crippen LogP contribution in [0.3, 0.4) is 0 Å². The van der Waals surface area contributed by atoms with Crippen molar-refractivity contribution in [2.75, 3.05) is 18.0 Å². The molecular weight excluding hydrogens is 366 g/mol. The number of methoxy groups -OCH3 is 1. The van der Waals surface area contributed by atoms with Crippen LogP contribution in [-0.4, -0.2) is 28.0 Å². The highest BCUT2D eigenvalue weighted by Gasteiger charge is 2.29. The fraction of sp³-hybridized carbons (Fsp3) is 0.150. The molecule has 3 aromatic rings. The van der Waals surface area contributed by atoms with Crippen molar-refractivity contribution >= 4 is 21.7 Å². The Morgan fingerprint density at radius 3 is 2.22 bits per heavy atom. The third-order valence-corrected chi connectivity index (χ3v) is 5.70. The second-order valence-corrected chi connectivity index (χ2v) is 7.55. The predicted octanol–water partition coefficient (Wildman–Crippen LogP) is 3.50. The van der Waals surface area contributed by atoms with Crippen molar-refractivity contribution in [3.63, 3.8) is 0 Å². The average Bonchev–Trinajstić information content (AvgIpc) is 3.20. The molecule has 0 bridgehead atoms. The van der Waals surface area contributed by atoms with Crippen LogP contribution in [-0.2, 0) is 21.2 Å². The van der Waals surface area contributed by atoms with Crippen molar-refractivity contribution in [3.8, 4) is 0 Å². The van der Waals surface area contributed by atoms with Crippen LogP contribution >= 0.6 is 0 Å². The maximum atomic E-state index is 13.2. The number of hydrogen-bond donors (Lipinski definition) is 0. The summed E-state index contributed by atoms with van der Waals surface area (Å²) < 4.78 is 37.4. The molecule has 0 atom stereocenters. The molecule has 6 nitrogen and oxygen atoms in total. The molecule has 0 aliphatic rings. The lowest BCUT2D eigenvalue weighted by Crippen LogP contribution is -2.32. The van der Waals surface area contributed by atoms with Crippen molar-refractivity contribution in [2.45, 2.75) is 11.5 Å². The molecule has 2 aromatic carbocycles. The Hall–Kier alpha value is -3.06. The third kappa shape index (κ3) is 4.20. The van der Waals surface area contributed by atoms with Gasteiger partial charge in [0, 0.05) is 6.54 Å². The zero-order chi connectivity index (χ0) is 19.3. The smallest absolute Gasteiger partial charge is 0.374 e. The summed E-state index contributed by atoms with van der Waals surface area (Å²) >= 11 is 0. The lowest BCUT2D eigenvalue weighted by Gasteiger charge is -2.23. The maximum absolute atomic E-state index is 13.2. The molecule has 0 aliphatic heterocycles. The first-order valence-corrected chi connectivity index (χ1v) is 9.76. The minimum absolute atomic E-state index is 0.160. The molecule has 1 heterocycles. The Balaban J connectivity index is 1.93. The molecule has 0 N–H and O–H groups in total. The number of rotatable bonds is 7. The zero-order valence-electron chi connectivity index (χ0n) is 14.7.